The van der Waals surface area contributed by atoms with Gasteiger partial charge in [0.25, 0.3) is 5.91 Å². The highest BCUT2D eigenvalue weighted by molar-refractivity contribution is 5.97. The molecule has 0 aliphatic carbocycles. The van der Waals surface area contributed by atoms with Crippen molar-refractivity contribution in [2.24, 2.45) is 0 Å². The SMILES string of the molecule is COc1ccccc1C(=O)NC1C[C@H]2COC[C@@H](C1)N2C. The zero-order chi connectivity index (χ0) is 14.8. The van der Waals surface area contributed by atoms with E-state index in [1.807, 2.05) is 18.2 Å². The molecule has 2 bridgehead atoms. The molecule has 1 N–H and O–H groups in total. The van der Waals surface area contributed by atoms with Crippen LogP contribution in [0.3, 0.4) is 0 Å². The van der Waals surface area contributed by atoms with E-state index in [-0.39, 0.29) is 11.9 Å². The molecule has 0 spiro atoms. The number of hydrogen-bond acceptors (Lipinski definition) is 4. The lowest BCUT2D eigenvalue weighted by molar-refractivity contribution is -0.0670. The van der Waals surface area contributed by atoms with Crippen molar-refractivity contribution in [2.45, 2.75) is 31.0 Å². The number of rotatable bonds is 3. The molecular weight excluding hydrogens is 268 g/mol. The zero-order valence-electron chi connectivity index (χ0n) is 12.5. The van der Waals surface area contributed by atoms with Gasteiger partial charge in [0.15, 0.2) is 0 Å². The van der Waals surface area contributed by atoms with E-state index in [9.17, 15) is 4.79 Å². The zero-order valence-corrected chi connectivity index (χ0v) is 12.5. The number of para-hydroxylation sites is 1. The van der Waals surface area contributed by atoms with Crippen LogP contribution in [0.25, 0.3) is 0 Å². The van der Waals surface area contributed by atoms with Gasteiger partial charge >= 0.3 is 0 Å². The van der Waals surface area contributed by atoms with Crippen molar-refractivity contribution in [3.05, 3.63) is 29.8 Å². The quantitative estimate of drug-likeness (QED) is 0.911. The predicted molar refractivity (Wildman–Crippen MR) is 79.6 cm³/mol. The second-order valence-electron chi connectivity index (χ2n) is 5.85. The van der Waals surface area contributed by atoms with Crippen LogP contribution in [0, 0.1) is 0 Å². The molecule has 114 valence electrons. The van der Waals surface area contributed by atoms with E-state index in [1.165, 1.54) is 0 Å². The molecule has 3 atom stereocenters. The van der Waals surface area contributed by atoms with Crippen LogP contribution in [0.15, 0.2) is 24.3 Å². The second-order valence-corrected chi connectivity index (χ2v) is 5.85. The first kappa shape index (κ1) is 14.4. The molecule has 2 heterocycles. The maximum atomic E-state index is 12.5. The van der Waals surface area contributed by atoms with Gasteiger partial charge in [-0.05, 0) is 32.0 Å². The Morgan fingerprint density at radius 1 is 1.29 bits per heavy atom. The van der Waals surface area contributed by atoms with Gasteiger partial charge in [0, 0.05) is 18.1 Å². The summed E-state index contributed by atoms with van der Waals surface area (Å²) in [5.74, 6) is 0.562. The molecule has 21 heavy (non-hydrogen) atoms. The molecule has 1 amide bonds. The standard InChI is InChI=1S/C16H22N2O3/c1-18-12-7-11(8-13(18)10-21-9-12)17-16(19)14-5-3-4-6-15(14)20-2/h3-6,11-13H,7-10H2,1-2H3,(H,17,19)/t11?,12-,13+. The Morgan fingerprint density at radius 3 is 2.62 bits per heavy atom. The second kappa shape index (κ2) is 6.03. The Balaban J connectivity index is 1.68. The first-order valence-corrected chi connectivity index (χ1v) is 7.42. The highest BCUT2D eigenvalue weighted by atomic mass is 16.5. The van der Waals surface area contributed by atoms with E-state index in [2.05, 4.69) is 17.3 Å². The number of nitrogens with one attached hydrogen (secondary N) is 1. The van der Waals surface area contributed by atoms with E-state index in [4.69, 9.17) is 9.47 Å². The molecule has 0 radical (unpaired) electrons. The molecule has 1 aromatic rings. The number of fused-ring (bicyclic) bond motifs is 2. The maximum absolute atomic E-state index is 12.5. The Kier molecular flexibility index (Phi) is 4.12. The van der Waals surface area contributed by atoms with Crippen LogP contribution in [0.5, 0.6) is 5.75 Å². The van der Waals surface area contributed by atoms with Gasteiger partial charge in [-0.25, -0.2) is 0 Å². The molecule has 2 saturated heterocycles. The minimum absolute atomic E-state index is 0.0546. The number of nitrogens with zero attached hydrogens (tertiary/aromatic N) is 1. The van der Waals surface area contributed by atoms with Crippen LogP contribution in [0.1, 0.15) is 23.2 Å². The lowest BCUT2D eigenvalue weighted by atomic mass is 9.90. The minimum Gasteiger partial charge on any atom is -0.496 e. The van der Waals surface area contributed by atoms with Crippen LogP contribution in [-0.2, 0) is 4.74 Å². The summed E-state index contributed by atoms with van der Waals surface area (Å²) in [7, 11) is 3.74. The summed E-state index contributed by atoms with van der Waals surface area (Å²) in [6, 6.07) is 8.35. The Labute approximate surface area is 125 Å². The van der Waals surface area contributed by atoms with Gasteiger partial charge in [-0.1, -0.05) is 12.1 Å². The first-order valence-electron chi connectivity index (χ1n) is 7.42. The van der Waals surface area contributed by atoms with Crippen LogP contribution >= 0.6 is 0 Å². The van der Waals surface area contributed by atoms with Crippen molar-refractivity contribution < 1.29 is 14.3 Å². The number of ether oxygens (including phenoxy) is 2. The summed E-state index contributed by atoms with van der Waals surface area (Å²) in [6.07, 6.45) is 1.88. The number of amides is 1. The van der Waals surface area contributed by atoms with Crippen LogP contribution in [-0.4, -0.2) is 56.3 Å². The summed E-state index contributed by atoms with van der Waals surface area (Å²) < 4.78 is 10.9. The number of benzene rings is 1. The van der Waals surface area contributed by atoms with E-state index in [0.29, 0.717) is 23.4 Å². The highest BCUT2D eigenvalue weighted by Gasteiger charge is 2.37. The van der Waals surface area contributed by atoms with E-state index >= 15 is 0 Å². The van der Waals surface area contributed by atoms with Crippen LogP contribution < -0.4 is 10.1 Å². The smallest absolute Gasteiger partial charge is 0.255 e. The fourth-order valence-electron chi connectivity index (χ4n) is 3.31. The number of carbonyl (C=O) groups is 1. The average molecular weight is 290 g/mol. The molecule has 2 aliphatic heterocycles. The number of likely N-dealkylation sites (N-methyl/N-ethyl adjacent to an activating group) is 1. The Bertz CT molecular complexity index is 506. The number of piperidine rings is 1. The first-order chi connectivity index (χ1) is 10.2. The molecule has 2 fully saturated rings. The van der Waals surface area contributed by atoms with Crippen molar-refractivity contribution in [1.82, 2.24) is 10.2 Å². The lowest BCUT2D eigenvalue weighted by Gasteiger charge is -2.46. The number of methoxy groups -OCH3 is 1. The van der Waals surface area contributed by atoms with Crippen molar-refractivity contribution in [3.63, 3.8) is 0 Å². The third-order valence-corrected chi connectivity index (χ3v) is 4.57. The van der Waals surface area contributed by atoms with Gasteiger partial charge in [0.2, 0.25) is 0 Å². The van der Waals surface area contributed by atoms with Gasteiger partial charge in [0.05, 0.1) is 25.9 Å². The molecule has 5 nitrogen and oxygen atoms in total. The van der Waals surface area contributed by atoms with E-state index in [0.717, 1.165) is 26.1 Å². The summed E-state index contributed by atoms with van der Waals surface area (Å²) in [4.78, 5) is 14.8. The molecule has 0 saturated carbocycles. The van der Waals surface area contributed by atoms with Crippen LogP contribution in [0.4, 0.5) is 0 Å². The minimum atomic E-state index is -0.0546. The molecule has 5 heteroatoms. The highest BCUT2D eigenvalue weighted by Crippen LogP contribution is 2.26. The summed E-state index contributed by atoms with van der Waals surface area (Å²) in [6.45, 7) is 1.52. The molecule has 0 aromatic heterocycles. The van der Waals surface area contributed by atoms with Crippen molar-refractivity contribution in [2.75, 3.05) is 27.4 Å². The molecule has 3 rings (SSSR count). The number of hydrogen-bond donors (Lipinski definition) is 1. The summed E-state index contributed by atoms with van der Waals surface area (Å²) in [5.41, 5.74) is 0.598. The predicted octanol–water partition coefficient (Wildman–Crippen LogP) is 1.29. The van der Waals surface area contributed by atoms with Gasteiger partial charge in [-0.3, -0.25) is 9.69 Å². The summed E-state index contributed by atoms with van der Waals surface area (Å²) in [5, 5.41) is 3.16. The average Bonchev–Trinajstić information content (AvgIpc) is 2.48. The Morgan fingerprint density at radius 2 is 1.95 bits per heavy atom. The van der Waals surface area contributed by atoms with E-state index < -0.39 is 0 Å². The molecule has 1 unspecified atom stereocenters. The normalized spacial score (nSPS) is 29.0. The van der Waals surface area contributed by atoms with E-state index in [1.54, 1.807) is 13.2 Å². The molecule has 1 aromatic carbocycles. The van der Waals surface area contributed by atoms with Gasteiger partial charge in [-0.15, -0.1) is 0 Å². The number of morpholine rings is 1. The topological polar surface area (TPSA) is 50.8 Å². The maximum Gasteiger partial charge on any atom is 0.255 e. The monoisotopic (exact) mass is 290 g/mol. The van der Waals surface area contributed by atoms with Gasteiger partial charge < -0.3 is 14.8 Å². The van der Waals surface area contributed by atoms with Gasteiger partial charge in [-0.2, -0.15) is 0 Å². The fourth-order valence-corrected chi connectivity index (χ4v) is 3.31. The third kappa shape index (κ3) is 2.89. The van der Waals surface area contributed by atoms with Crippen molar-refractivity contribution in [3.8, 4) is 5.75 Å². The molecular formula is C16H22N2O3. The van der Waals surface area contributed by atoms with Crippen molar-refractivity contribution in [1.29, 1.82) is 0 Å². The largest absolute Gasteiger partial charge is 0.496 e. The van der Waals surface area contributed by atoms with Crippen molar-refractivity contribution >= 4 is 5.91 Å². The van der Waals surface area contributed by atoms with Gasteiger partial charge in [0.1, 0.15) is 5.75 Å². The third-order valence-electron chi connectivity index (χ3n) is 4.57. The summed E-state index contributed by atoms with van der Waals surface area (Å²) >= 11 is 0. The number of carbonyl (C=O) groups excluding carboxylic acids is 1. The van der Waals surface area contributed by atoms with Crippen LogP contribution in [0.2, 0.25) is 0 Å². The Hall–Kier alpha value is -1.59. The lowest BCUT2D eigenvalue weighted by Crippen LogP contribution is -2.59. The molecule has 2 aliphatic rings. The fraction of sp³-hybridized carbons (Fsp3) is 0.562.